The van der Waals surface area contributed by atoms with Gasteiger partial charge in [0.15, 0.2) is 0 Å². The summed E-state index contributed by atoms with van der Waals surface area (Å²) in [5, 5.41) is 2.99. The fourth-order valence-corrected chi connectivity index (χ4v) is 5.51. The summed E-state index contributed by atoms with van der Waals surface area (Å²) >= 11 is 0. The van der Waals surface area contributed by atoms with Crippen LogP contribution >= 0.6 is 0 Å². The van der Waals surface area contributed by atoms with Gasteiger partial charge in [0.1, 0.15) is 5.66 Å². The maximum Gasteiger partial charge on any atom is 0.257 e. The zero-order valence-corrected chi connectivity index (χ0v) is 20.9. The highest BCUT2D eigenvalue weighted by molar-refractivity contribution is 6.10. The molecule has 36 heavy (non-hydrogen) atoms. The summed E-state index contributed by atoms with van der Waals surface area (Å²) in [7, 11) is 0. The second-order valence-corrected chi connectivity index (χ2v) is 10.0. The molecular weight excluding hydrogens is 456 g/mol. The number of nitrogens with one attached hydrogen (secondary N) is 1. The summed E-state index contributed by atoms with van der Waals surface area (Å²) in [5.74, 6) is -0.0745. The normalized spacial score (nSPS) is 21.9. The topological polar surface area (TPSA) is 82.2 Å². The summed E-state index contributed by atoms with van der Waals surface area (Å²) in [5.41, 5.74) is 2.88. The SMILES string of the molecule is C[C@]12CCC(=O)N1c1ccccc1C(=O)N2CCCC(=O)NCc1ccc(CN2CCOCC2)cc1. The van der Waals surface area contributed by atoms with Crippen molar-refractivity contribution >= 4 is 23.4 Å². The molecule has 8 heteroatoms. The molecule has 8 nitrogen and oxygen atoms in total. The van der Waals surface area contributed by atoms with Gasteiger partial charge in [0, 0.05) is 45.6 Å². The molecule has 3 aliphatic heterocycles. The molecule has 3 aliphatic rings. The first-order valence-corrected chi connectivity index (χ1v) is 12.8. The first-order chi connectivity index (χ1) is 17.5. The summed E-state index contributed by atoms with van der Waals surface area (Å²) in [6.07, 6.45) is 1.88. The average Bonchev–Trinajstić information content (AvgIpc) is 3.21. The first-order valence-electron chi connectivity index (χ1n) is 12.8. The fourth-order valence-electron chi connectivity index (χ4n) is 5.51. The summed E-state index contributed by atoms with van der Waals surface area (Å²) < 4.78 is 5.40. The van der Waals surface area contributed by atoms with Gasteiger partial charge in [-0.15, -0.1) is 0 Å². The molecule has 0 bridgehead atoms. The van der Waals surface area contributed by atoms with Crippen molar-refractivity contribution in [2.75, 3.05) is 37.7 Å². The molecule has 0 radical (unpaired) electrons. The van der Waals surface area contributed by atoms with Gasteiger partial charge in [-0.2, -0.15) is 0 Å². The van der Waals surface area contributed by atoms with Crippen LogP contribution in [-0.4, -0.2) is 66.0 Å². The molecule has 0 aliphatic carbocycles. The molecule has 3 amide bonds. The number of fused-ring (bicyclic) bond motifs is 3. The van der Waals surface area contributed by atoms with Crippen molar-refractivity contribution in [1.82, 2.24) is 15.1 Å². The number of amides is 3. The summed E-state index contributed by atoms with van der Waals surface area (Å²) in [6, 6.07) is 15.6. The highest BCUT2D eigenvalue weighted by atomic mass is 16.5. The second kappa shape index (κ2) is 10.4. The minimum Gasteiger partial charge on any atom is -0.379 e. The minimum absolute atomic E-state index is 0.0381. The number of carbonyl (C=O) groups is 3. The Morgan fingerprint density at radius 1 is 1.03 bits per heavy atom. The van der Waals surface area contributed by atoms with Crippen molar-refractivity contribution in [3.05, 3.63) is 65.2 Å². The number of rotatable bonds is 8. The van der Waals surface area contributed by atoms with Crippen LogP contribution in [0, 0.1) is 0 Å². The van der Waals surface area contributed by atoms with E-state index in [0.717, 1.165) is 38.4 Å². The molecule has 190 valence electrons. The molecule has 1 atom stereocenters. The Morgan fingerprint density at radius 3 is 2.53 bits per heavy atom. The van der Waals surface area contributed by atoms with Crippen LogP contribution in [0.15, 0.2) is 48.5 Å². The highest BCUT2D eigenvalue weighted by Crippen LogP contribution is 2.44. The molecule has 2 aromatic carbocycles. The van der Waals surface area contributed by atoms with E-state index in [0.29, 0.717) is 50.0 Å². The number of hydrogen-bond acceptors (Lipinski definition) is 5. The fraction of sp³-hybridized carbons (Fsp3) is 0.464. The Balaban J connectivity index is 1.12. The van der Waals surface area contributed by atoms with Crippen LogP contribution in [-0.2, 0) is 27.4 Å². The van der Waals surface area contributed by atoms with E-state index in [9.17, 15) is 14.4 Å². The molecular formula is C28H34N4O4. The molecule has 5 rings (SSSR count). The number of para-hydroxylation sites is 1. The van der Waals surface area contributed by atoms with Crippen molar-refractivity contribution in [3.8, 4) is 0 Å². The second-order valence-electron chi connectivity index (χ2n) is 10.0. The van der Waals surface area contributed by atoms with E-state index in [4.69, 9.17) is 4.74 Å². The van der Waals surface area contributed by atoms with Crippen LogP contribution in [0.2, 0.25) is 0 Å². The highest BCUT2D eigenvalue weighted by Gasteiger charge is 2.52. The number of benzene rings is 2. The first kappa shape index (κ1) is 24.5. The molecule has 0 saturated carbocycles. The van der Waals surface area contributed by atoms with Crippen LogP contribution in [0.1, 0.15) is 54.1 Å². The Hall–Kier alpha value is -3.23. The zero-order valence-electron chi connectivity index (χ0n) is 20.9. The van der Waals surface area contributed by atoms with Crippen LogP contribution in [0.5, 0.6) is 0 Å². The predicted molar refractivity (Wildman–Crippen MR) is 136 cm³/mol. The largest absolute Gasteiger partial charge is 0.379 e. The van der Waals surface area contributed by atoms with Gasteiger partial charge in [0.05, 0.1) is 24.5 Å². The smallest absolute Gasteiger partial charge is 0.257 e. The van der Waals surface area contributed by atoms with Gasteiger partial charge in [-0.1, -0.05) is 36.4 Å². The standard InChI is InChI=1S/C28H34N4O4/c1-28-13-12-26(34)32(28)24-6-3-2-5-23(24)27(35)31(28)14-4-7-25(33)29-19-21-8-10-22(11-9-21)20-30-15-17-36-18-16-30/h2-3,5-6,8-11H,4,7,12-20H2,1H3,(H,29,33)/t28-/m1/s1. The number of carbonyl (C=O) groups excluding carboxylic acids is 3. The molecule has 2 fully saturated rings. The molecule has 0 unspecified atom stereocenters. The van der Waals surface area contributed by atoms with E-state index in [-0.39, 0.29) is 17.7 Å². The van der Waals surface area contributed by atoms with Gasteiger partial charge in [-0.05, 0) is 43.0 Å². The van der Waals surface area contributed by atoms with Crippen LogP contribution in [0.25, 0.3) is 0 Å². The van der Waals surface area contributed by atoms with Crippen molar-refractivity contribution in [1.29, 1.82) is 0 Å². The van der Waals surface area contributed by atoms with E-state index < -0.39 is 5.66 Å². The van der Waals surface area contributed by atoms with Crippen LogP contribution < -0.4 is 10.2 Å². The summed E-state index contributed by atoms with van der Waals surface area (Å²) in [6.45, 7) is 7.27. The van der Waals surface area contributed by atoms with Gasteiger partial charge in [0.25, 0.3) is 5.91 Å². The number of morpholine rings is 1. The van der Waals surface area contributed by atoms with Gasteiger partial charge >= 0.3 is 0 Å². The van der Waals surface area contributed by atoms with Gasteiger partial charge < -0.3 is 15.0 Å². The maximum absolute atomic E-state index is 13.3. The quantitative estimate of drug-likeness (QED) is 0.615. The lowest BCUT2D eigenvalue weighted by Gasteiger charge is -2.48. The van der Waals surface area contributed by atoms with E-state index >= 15 is 0 Å². The van der Waals surface area contributed by atoms with Crippen molar-refractivity contribution < 1.29 is 19.1 Å². The van der Waals surface area contributed by atoms with Crippen molar-refractivity contribution in [2.24, 2.45) is 0 Å². The Morgan fingerprint density at radius 2 is 1.75 bits per heavy atom. The van der Waals surface area contributed by atoms with Crippen LogP contribution in [0.3, 0.4) is 0 Å². The monoisotopic (exact) mass is 490 g/mol. The van der Waals surface area contributed by atoms with Crippen LogP contribution in [0.4, 0.5) is 5.69 Å². The average molecular weight is 491 g/mol. The van der Waals surface area contributed by atoms with E-state index in [1.54, 1.807) is 15.9 Å². The third-order valence-electron chi connectivity index (χ3n) is 7.55. The van der Waals surface area contributed by atoms with E-state index in [1.165, 1.54) is 5.56 Å². The molecule has 1 N–H and O–H groups in total. The lowest BCUT2D eigenvalue weighted by molar-refractivity contribution is -0.121. The van der Waals surface area contributed by atoms with Gasteiger partial charge in [0.2, 0.25) is 11.8 Å². The lowest BCUT2D eigenvalue weighted by Crippen LogP contribution is -2.62. The van der Waals surface area contributed by atoms with Gasteiger partial charge in [-0.25, -0.2) is 0 Å². The Kier molecular flexibility index (Phi) is 7.07. The van der Waals surface area contributed by atoms with E-state index in [1.807, 2.05) is 25.1 Å². The molecule has 2 saturated heterocycles. The van der Waals surface area contributed by atoms with Gasteiger partial charge in [-0.3, -0.25) is 24.2 Å². The molecule has 0 aromatic heterocycles. The predicted octanol–water partition coefficient (Wildman–Crippen LogP) is 2.91. The third-order valence-corrected chi connectivity index (χ3v) is 7.55. The van der Waals surface area contributed by atoms with E-state index in [2.05, 4.69) is 34.5 Å². The Bertz CT molecular complexity index is 1130. The minimum atomic E-state index is -0.679. The zero-order chi connectivity index (χ0) is 25.1. The summed E-state index contributed by atoms with van der Waals surface area (Å²) in [4.78, 5) is 44.4. The number of hydrogen-bond donors (Lipinski definition) is 1. The molecule has 0 spiro atoms. The number of nitrogens with zero attached hydrogens (tertiary/aromatic N) is 3. The third kappa shape index (κ3) is 4.88. The molecule has 2 aromatic rings. The maximum atomic E-state index is 13.3. The Labute approximate surface area is 212 Å². The van der Waals surface area contributed by atoms with Crippen molar-refractivity contribution in [3.63, 3.8) is 0 Å². The lowest BCUT2D eigenvalue weighted by atomic mass is 9.98. The van der Waals surface area contributed by atoms with Crippen molar-refractivity contribution in [2.45, 2.75) is 51.4 Å². The number of ether oxygens (including phenoxy) is 1. The molecule has 3 heterocycles. The number of anilines is 1.